The summed E-state index contributed by atoms with van der Waals surface area (Å²) in [7, 11) is 0. The molecule has 0 bridgehead atoms. The topological polar surface area (TPSA) is 69.9 Å². The third kappa shape index (κ3) is 6.22. The monoisotopic (exact) mass is 510 g/mol. The Bertz CT molecular complexity index is 987. The Balaban J connectivity index is 1.49. The van der Waals surface area contributed by atoms with Crippen molar-refractivity contribution in [3.63, 3.8) is 0 Å². The van der Waals surface area contributed by atoms with Crippen LogP contribution in [0, 0.1) is 18.8 Å². The summed E-state index contributed by atoms with van der Waals surface area (Å²) in [6.45, 7) is 10.2. The first kappa shape index (κ1) is 26.5. The largest absolute Gasteiger partial charge is 0.351 e. The second-order valence-electron chi connectivity index (χ2n) is 10.7. The highest BCUT2D eigenvalue weighted by molar-refractivity contribution is 6.30. The van der Waals surface area contributed by atoms with Crippen LogP contribution >= 0.6 is 11.6 Å². The van der Waals surface area contributed by atoms with Crippen LogP contribution in [0.3, 0.4) is 0 Å². The van der Waals surface area contributed by atoms with E-state index in [2.05, 4.69) is 67.0 Å². The smallest absolute Gasteiger partial charge is 0.314 e. The molecule has 2 aromatic carbocycles. The van der Waals surface area contributed by atoms with Crippen molar-refractivity contribution < 1.29 is 9.59 Å². The molecule has 2 aliphatic rings. The van der Waals surface area contributed by atoms with Crippen molar-refractivity contribution in [1.29, 1.82) is 0 Å². The number of amides is 3. The summed E-state index contributed by atoms with van der Waals surface area (Å²) in [5.41, 5.74) is 9.13. The quantitative estimate of drug-likeness (QED) is 0.588. The van der Waals surface area contributed by atoms with Crippen molar-refractivity contribution in [3.05, 3.63) is 70.2 Å². The number of likely N-dealkylation sites (tertiary alicyclic amines) is 1. The van der Waals surface area contributed by atoms with Gasteiger partial charge in [-0.2, -0.15) is 0 Å². The van der Waals surface area contributed by atoms with E-state index < -0.39 is 0 Å². The van der Waals surface area contributed by atoms with Gasteiger partial charge in [0.05, 0.1) is 6.04 Å². The number of nitrogens with two attached hydrogens (primary N) is 1. The Morgan fingerprint density at radius 2 is 1.53 bits per heavy atom. The van der Waals surface area contributed by atoms with Crippen LogP contribution in [0.1, 0.15) is 55.8 Å². The Kier molecular flexibility index (Phi) is 8.58. The van der Waals surface area contributed by atoms with Crippen LogP contribution in [0.2, 0.25) is 5.02 Å². The summed E-state index contributed by atoms with van der Waals surface area (Å²) in [6, 6.07) is 16.8. The van der Waals surface area contributed by atoms with Gasteiger partial charge in [0.1, 0.15) is 0 Å². The van der Waals surface area contributed by atoms with Crippen molar-refractivity contribution >= 4 is 23.5 Å². The number of rotatable bonds is 6. The zero-order valence-electron chi connectivity index (χ0n) is 21.7. The van der Waals surface area contributed by atoms with Crippen molar-refractivity contribution in [1.82, 2.24) is 14.7 Å². The second-order valence-corrected chi connectivity index (χ2v) is 11.2. The minimum absolute atomic E-state index is 0.111. The van der Waals surface area contributed by atoms with Gasteiger partial charge in [0.25, 0.3) is 0 Å². The maximum atomic E-state index is 13.5. The van der Waals surface area contributed by atoms with Gasteiger partial charge in [-0.1, -0.05) is 67.4 Å². The van der Waals surface area contributed by atoms with Gasteiger partial charge in [-0.15, -0.1) is 0 Å². The summed E-state index contributed by atoms with van der Waals surface area (Å²) in [5, 5.41) is 0.735. The van der Waals surface area contributed by atoms with Crippen molar-refractivity contribution in [2.24, 2.45) is 17.6 Å². The van der Waals surface area contributed by atoms with Gasteiger partial charge in [-0.3, -0.25) is 9.69 Å². The van der Waals surface area contributed by atoms with Gasteiger partial charge in [0.2, 0.25) is 5.91 Å². The fourth-order valence-electron chi connectivity index (χ4n) is 5.68. The van der Waals surface area contributed by atoms with Crippen molar-refractivity contribution in [2.45, 2.75) is 52.1 Å². The zero-order chi connectivity index (χ0) is 25.8. The normalized spacial score (nSPS) is 20.5. The molecule has 4 rings (SSSR count). The van der Waals surface area contributed by atoms with E-state index in [9.17, 15) is 9.59 Å². The number of aryl methyl sites for hydroxylation is 1. The highest BCUT2D eigenvalue weighted by Gasteiger charge is 2.37. The Hall–Kier alpha value is -2.57. The lowest BCUT2D eigenvalue weighted by atomic mass is 9.90. The van der Waals surface area contributed by atoms with E-state index >= 15 is 0 Å². The Morgan fingerprint density at radius 3 is 2.08 bits per heavy atom. The van der Waals surface area contributed by atoms with Crippen LogP contribution in [-0.4, -0.2) is 65.4 Å². The van der Waals surface area contributed by atoms with Crippen LogP contribution in [0.5, 0.6) is 0 Å². The first-order chi connectivity index (χ1) is 17.2. The minimum atomic E-state index is -0.361. The van der Waals surface area contributed by atoms with Gasteiger partial charge in [-0.25, -0.2) is 4.79 Å². The molecule has 0 radical (unpaired) electrons. The number of piperidine rings is 1. The summed E-state index contributed by atoms with van der Waals surface area (Å²) in [6.07, 6.45) is 2.23. The number of piperazine rings is 1. The van der Waals surface area contributed by atoms with Crippen LogP contribution in [0.25, 0.3) is 0 Å². The second kappa shape index (κ2) is 11.7. The maximum absolute atomic E-state index is 13.5. The van der Waals surface area contributed by atoms with Crippen LogP contribution in [0.15, 0.2) is 48.5 Å². The molecule has 2 unspecified atom stereocenters. The molecule has 0 aliphatic carbocycles. The molecular formula is C29H39ClN4O2. The molecule has 0 aromatic heterocycles. The number of carbonyl (C=O) groups excluding carboxylic acids is 2. The lowest BCUT2D eigenvalue weighted by molar-refractivity contribution is -0.139. The molecule has 2 atom stereocenters. The number of primary amides is 1. The molecule has 2 aliphatic heterocycles. The molecule has 194 valence electrons. The first-order valence-electron chi connectivity index (χ1n) is 13.1. The Labute approximate surface area is 220 Å². The molecule has 2 heterocycles. The van der Waals surface area contributed by atoms with E-state index in [0.717, 1.165) is 37.5 Å². The zero-order valence-corrected chi connectivity index (χ0v) is 22.5. The van der Waals surface area contributed by atoms with E-state index in [0.29, 0.717) is 31.3 Å². The van der Waals surface area contributed by atoms with Gasteiger partial charge >= 0.3 is 6.03 Å². The van der Waals surface area contributed by atoms with Crippen LogP contribution in [0.4, 0.5) is 4.79 Å². The van der Waals surface area contributed by atoms with Gasteiger partial charge < -0.3 is 15.5 Å². The molecule has 2 N–H and O–H groups in total. The van der Waals surface area contributed by atoms with Gasteiger partial charge in [0, 0.05) is 50.2 Å². The molecule has 2 aromatic rings. The highest BCUT2D eigenvalue weighted by Crippen LogP contribution is 2.33. The van der Waals surface area contributed by atoms with E-state index in [1.54, 1.807) is 4.90 Å². The molecule has 0 spiro atoms. The van der Waals surface area contributed by atoms with Crippen LogP contribution in [-0.2, 0) is 4.79 Å². The fraction of sp³-hybridized carbons (Fsp3) is 0.517. The number of hydrogen-bond acceptors (Lipinski definition) is 3. The number of hydrogen-bond donors (Lipinski definition) is 1. The SMILES string of the molecule is Cc1ccc(C(c2ccc(Cl)cc2)N2CCN(C(=O)CC3CCN(C(N)=O)CC3)C(C(C)C)C2)cc1. The predicted octanol–water partition coefficient (Wildman–Crippen LogP) is 5.09. The van der Waals surface area contributed by atoms with Crippen LogP contribution < -0.4 is 5.73 Å². The van der Waals surface area contributed by atoms with E-state index in [1.807, 2.05) is 12.1 Å². The molecule has 2 saturated heterocycles. The average molecular weight is 511 g/mol. The maximum Gasteiger partial charge on any atom is 0.314 e. The molecule has 36 heavy (non-hydrogen) atoms. The third-order valence-corrected chi connectivity index (χ3v) is 8.13. The molecule has 0 saturated carbocycles. The van der Waals surface area contributed by atoms with E-state index in [-0.39, 0.29) is 24.0 Å². The molecule has 6 nitrogen and oxygen atoms in total. The molecular weight excluding hydrogens is 472 g/mol. The summed E-state index contributed by atoms with van der Waals surface area (Å²) < 4.78 is 0. The molecule has 7 heteroatoms. The van der Waals surface area contributed by atoms with E-state index in [1.165, 1.54) is 16.7 Å². The number of halogens is 1. The third-order valence-electron chi connectivity index (χ3n) is 7.87. The van der Waals surface area contributed by atoms with Gasteiger partial charge in [0.15, 0.2) is 0 Å². The first-order valence-corrected chi connectivity index (χ1v) is 13.5. The molecule has 3 amide bonds. The highest BCUT2D eigenvalue weighted by atomic mass is 35.5. The average Bonchev–Trinajstić information content (AvgIpc) is 2.86. The number of nitrogens with zero attached hydrogens (tertiary/aromatic N) is 3. The van der Waals surface area contributed by atoms with Gasteiger partial charge in [-0.05, 0) is 54.9 Å². The molecule has 2 fully saturated rings. The summed E-state index contributed by atoms with van der Waals surface area (Å²) in [5.74, 6) is 0.898. The summed E-state index contributed by atoms with van der Waals surface area (Å²) in [4.78, 5) is 31.2. The fourth-order valence-corrected chi connectivity index (χ4v) is 5.80. The lowest BCUT2D eigenvalue weighted by Gasteiger charge is -2.47. The lowest BCUT2D eigenvalue weighted by Crippen LogP contribution is -2.58. The van der Waals surface area contributed by atoms with Crippen molar-refractivity contribution in [3.8, 4) is 0 Å². The number of urea groups is 1. The summed E-state index contributed by atoms with van der Waals surface area (Å²) >= 11 is 6.21. The van der Waals surface area contributed by atoms with E-state index in [4.69, 9.17) is 17.3 Å². The predicted molar refractivity (Wildman–Crippen MR) is 145 cm³/mol. The Morgan fingerprint density at radius 1 is 0.944 bits per heavy atom. The minimum Gasteiger partial charge on any atom is -0.351 e. The number of benzene rings is 2. The standard InChI is InChI=1S/C29H39ClN4O2/c1-20(2)26-19-33(16-17-34(26)27(35)18-22-12-14-32(15-13-22)29(31)36)28(23-6-4-21(3)5-7-23)24-8-10-25(30)11-9-24/h4-11,20,22,26,28H,12-19H2,1-3H3,(H2,31,36). The number of carbonyl (C=O) groups is 2. The van der Waals surface area contributed by atoms with Crippen molar-refractivity contribution in [2.75, 3.05) is 32.7 Å².